The molecule has 12 heteroatoms. The normalized spacial score (nSPS) is 28.8. The second-order valence-corrected chi connectivity index (χ2v) is 14.9. The van der Waals surface area contributed by atoms with Crippen LogP contribution in [0.5, 0.6) is 5.19 Å². The minimum absolute atomic E-state index is 0.125. The number of aliphatic carboxylic acids is 1. The van der Waals surface area contributed by atoms with Crippen molar-refractivity contribution in [2.75, 3.05) is 11.9 Å². The summed E-state index contributed by atoms with van der Waals surface area (Å²) in [7, 11) is 0. The number of benzene rings is 1. The molecule has 44 heavy (non-hydrogen) atoms. The predicted molar refractivity (Wildman–Crippen MR) is 171 cm³/mol. The third kappa shape index (κ3) is 6.32. The third-order valence-corrected chi connectivity index (χ3v) is 10.4. The van der Waals surface area contributed by atoms with E-state index in [4.69, 9.17) is 9.72 Å². The van der Waals surface area contributed by atoms with Crippen molar-refractivity contribution in [3.05, 3.63) is 47.5 Å². The van der Waals surface area contributed by atoms with Crippen molar-refractivity contribution in [3.8, 4) is 5.19 Å². The van der Waals surface area contributed by atoms with E-state index in [1.807, 2.05) is 41.8 Å². The number of hydrogen-bond donors (Lipinski definition) is 3. The molecular formula is C32H39N5O5S2. The monoisotopic (exact) mass is 637 g/mol. The lowest BCUT2D eigenvalue weighted by Crippen LogP contribution is -2.55. The zero-order valence-corrected chi connectivity index (χ0v) is 26.9. The predicted octanol–water partition coefficient (Wildman–Crippen LogP) is 5.36. The fourth-order valence-electron chi connectivity index (χ4n) is 6.02. The maximum Gasteiger partial charge on any atom is 0.330 e. The lowest BCUT2D eigenvalue weighted by Gasteiger charge is -2.29. The number of fused-ring (bicyclic) bond motifs is 3. The van der Waals surface area contributed by atoms with Crippen LogP contribution >= 0.6 is 22.7 Å². The van der Waals surface area contributed by atoms with Crippen LogP contribution in [0.25, 0.3) is 10.2 Å². The van der Waals surface area contributed by atoms with E-state index >= 15 is 0 Å². The molecule has 5 atom stereocenters. The number of hydrogen-bond acceptors (Lipinski definition) is 9. The number of carbonyl (C=O) groups is 3. The van der Waals surface area contributed by atoms with Gasteiger partial charge in [0.2, 0.25) is 11.8 Å². The summed E-state index contributed by atoms with van der Waals surface area (Å²) in [6.07, 6.45) is 8.15. The maximum atomic E-state index is 14.3. The molecule has 1 saturated carbocycles. The molecule has 0 bridgehead atoms. The van der Waals surface area contributed by atoms with Crippen molar-refractivity contribution in [1.82, 2.24) is 20.2 Å². The van der Waals surface area contributed by atoms with E-state index in [9.17, 15) is 19.5 Å². The molecule has 1 aromatic carbocycles. The smallest absolute Gasteiger partial charge is 0.330 e. The summed E-state index contributed by atoms with van der Waals surface area (Å²) in [4.78, 5) is 51.5. The summed E-state index contributed by atoms with van der Waals surface area (Å²) in [6, 6.07) is 6.28. The Kier molecular flexibility index (Phi) is 8.40. The number of carbonyl (C=O) groups excluding carboxylic acids is 2. The topological polar surface area (TPSA) is 134 Å². The molecule has 3 aromatic rings. The number of nitrogens with zero attached hydrogens (tertiary/aromatic N) is 3. The Balaban J connectivity index is 1.28. The molecule has 3 aliphatic rings. The SMILES string of the molecule is CC(C)(C)c1csc(N[C@H]2CCCCC/C=C\[C@H]3C[C@@]3(C(=O)O)NC(=O)[C@@H]3C[C@@H](Oc4nc5ccccc5s4)CN3C2=O)n1. The van der Waals surface area contributed by atoms with Gasteiger partial charge in [-0.15, -0.1) is 11.3 Å². The average Bonchev–Trinajstić information content (AvgIpc) is 3.36. The van der Waals surface area contributed by atoms with Crippen molar-refractivity contribution in [2.45, 2.75) is 94.9 Å². The highest BCUT2D eigenvalue weighted by Crippen LogP contribution is 2.45. The number of carboxylic acids is 1. The zero-order valence-electron chi connectivity index (χ0n) is 25.2. The maximum absolute atomic E-state index is 14.3. The lowest BCUT2D eigenvalue weighted by molar-refractivity contribution is -0.145. The van der Waals surface area contributed by atoms with Gasteiger partial charge in [0.15, 0.2) is 5.13 Å². The van der Waals surface area contributed by atoms with E-state index in [1.54, 1.807) is 4.90 Å². The summed E-state index contributed by atoms with van der Waals surface area (Å²) in [6.45, 7) is 6.49. The molecule has 2 aromatic heterocycles. The number of rotatable bonds is 5. The molecule has 1 aliphatic carbocycles. The van der Waals surface area contributed by atoms with Crippen molar-refractivity contribution in [2.24, 2.45) is 5.92 Å². The summed E-state index contributed by atoms with van der Waals surface area (Å²) >= 11 is 2.89. The highest BCUT2D eigenvalue weighted by molar-refractivity contribution is 7.20. The van der Waals surface area contributed by atoms with Crippen LogP contribution in [-0.4, -0.2) is 68.0 Å². The van der Waals surface area contributed by atoms with E-state index in [0.29, 0.717) is 23.2 Å². The second-order valence-electron chi connectivity index (χ2n) is 13.1. The summed E-state index contributed by atoms with van der Waals surface area (Å²) in [5.41, 5.74) is 0.297. The van der Waals surface area contributed by atoms with Crippen molar-refractivity contribution < 1.29 is 24.2 Å². The average molecular weight is 638 g/mol. The fraction of sp³-hybridized carbons (Fsp3) is 0.531. The number of thiazole rings is 2. The van der Waals surface area contributed by atoms with Crippen LogP contribution in [0.2, 0.25) is 0 Å². The first-order chi connectivity index (χ1) is 21.0. The molecule has 0 spiro atoms. The van der Waals surface area contributed by atoms with E-state index in [-0.39, 0.29) is 30.2 Å². The Morgan fingerprint density at radius 1 is 1.18 bits per heavy atom. The molecule has 4 heterocycles. The van der Waals surface area contributed by atoms with Crippen LogP contribution in [-0.2, 0) is 19.8 Å². The number of carboxylic acid groups (broad SMARTS) is 1. The molecule has 1 saturated heterocycles. The van der Waals surface area contributed by atoms with Crippen LogP contribution in [0.3, 0.4) is 0 Å². The minimum Gasteiger partial charge on any atom is -0.479 e. The van der Waals surface area contributed by atoms with Crippen LogP contribution in [0.1, 0.15) is 71.4 Å². The van der Waals surface area contributed by atoms with E-state index < -0.39 is 35.6 Å². The van der Waals surface area contributed by atoms with E-state index in [2.05, 4.69) is 36.4 Å². The Morgan fingerprint density at radius 3 is 2.75 bits per heavy atom. The van der Waals surface area contributed by atoms with Crippen molar-refractivity contribution in [1.29, 1.82) is 0 Å². The quantitative estimate of drug-likeness (QED) is 0.319. The summed E-state index contributed by atoms with van der Waals surface area (Å²) < 4.78 is 7.27. The first-order valence-corrected chi connectivity index (χ1v) is 17.0. The van der Waals surface area contributed by atoms with Crippen LogP contribution in [0.15, 0.2) is 41.8 Å². The molecule has 6 rings (SSSR count). The number of ether oxygens (including phenoxy) is 1. The molecule has 10 nitrogen and oxygen atoms in total. The Morgan fingerprint density at radius 2 is 2.00 bits per heavy atom. The van der Waals surface area contributed by atoms with Gasteiger partial charge in [0.1, 0.15) is 23.7 Å². The van der Waals surface area contributed by atoms with Gasteiger partial charge in [0.05, 0.1) is 22.5 Å². The Labute approximate surface area is 264 Å². The number of allylic oxidation sites excluding steroid dienone is 1. The van der Waals surface area contributed by atoms with Gasteiger partial charge in [-0.25, -0.2) is 14.8 Å². The zero-order chi connectivity index (χ0) is 31.1. The number of anilines is 1. The van der Waals surface area contributed by atoms with Crippen LogP contribution in [0, 0.1) is 5.92 Å². The molecule has 2 aliphatic heterocycles. The van der Waals surface area contributed by atoms with Gasteiger partial charge in [-0.1, -0.05) is 69.2 Å². The number of nitrogens with one attached hydrogen (secondary N) is 2. The van der Waals surface area contributed by atoms with Gasteiger partial charge in [-0.3, -0.25) is 9.59 Å². The summed E-state index contributed by atoms with van der Waals surface area (Å²) in [5.74, 6) is -2.01. The molecular weight excluding hydrogens is 599 g/mol. The van der Waals surface area contributed by atoms with Crippen molar-refractivity contribution in [3.63, 3.8) is 0 Å². The highest BCUT2D eigenvalue weighted by atomic mass is 32.1. The Bertz CT molecular complexity index is 1540. The Hall–Kier alpha value is -3.51. The molecule has 234 valence electrons. The van der Waals surface area contributed by atoms with Gasteiger partial charge in [-0.2, -0.15) is 0 Å². The highest BCUT2D eigenvalue weighted by Gasteiger charge is 2.61. The second kappa shape index (κ2) is 12.1. The van der Waals surface area contributed by atoms with Crippen LogP contribution < -0.4 is 15.4 Å². The first-order valence-electron chi connectivity index (χ1n) is 15.3. The van der Waals surface area contributed by atoms with Crippen LogP contribution in [0.4, 0.5) is 5.13 Å². The van der Waals surface area contributed by atoms with Gasteiger partial charge in [-0.05, 0) is 37.8 Å². The minimum atomic E-state index is -1.35. The molecule has 0 unspecified atom stereocenters. The fourth-order valence-corrected chi connectivity index (χ4v) is 7.90. The van der Waals surface area contributed by atoms with Gasteiger partial charge in [0.25, 0.3) is 5.19 Å². The number of amides is 2. The third-order valence-electron chi connectivity index (χ3n) is 8.73. The van der Waals surface area contributed by atoms with Gasteiger partial charge < -0.3 is 25.4 Å². The molecule has 0 radical (unpaired) electrons. The molecule has 2 fully saturated rings. The number of aromatic nitrogens is 2. The first kappa shape index (κ1) is 30.5. The van der Waals surface area contributed by atoms with Gasteiger partial charge >= 0.3 is 5.97 Å². The lowest BCUT2D eigenvalue weighted by atomic mass is 9.93. The van der Waals surface area contributed by atoms with E-state index in [1.165, 1.54) is 22.7 Å². The number of para-hydroxylation sites is 1. The van der Waals surface area contributed by atoms with Gasteiger partial charge in [0, 0.05) is 23.1 Å². The molecule has 3 N–H and O–H groups in total. The summed E-state index contributed by atoms with van der Waals surface area (Å²) in [5, 5.41) is 19.5. The molecule has 2 amide bonds. The standard InChI is InChI=1S/C32H39N5O5S2/c1-31(2,3)25-18-43-29(35-25)33-22-13-8-6-4-5-7-11-19-16-32(19,28(40)41)36-26(38)23-15-20(17-37(23)27(22)39)42-30-34-21-12-9-10-14-24(21)44-30/h7,9-12,14,18-20,22-23H,4-6,8,13,15-17H2,1-3H3,(H,33,35)(H,36,38)(H,40,41)/b11-7-/t19-,20+,22-,23-,32+/m0/s1. The largest absolute Gasteiger partial charge is 0.479 e. The van der Waals surface area contributed by atoms with Crippen molar-refractivity contribution >= 4 is 55.8 Å². The van der Waals surface area contributed by atoms with E-state index in [0.717, 1.165) is 41.6 Å².